The molecule has 0 atom stereocenters. The van der Waals surface area contributed by atoms with Gasteiger partial charge in [-0.1, -0.05) is 26.8 Å². The van der Waals surface area contributed by atoms with Gasteiger partial charge < -0.3 is 15.3 Å². The second-order valence-corrected chi connectivity index (χ2v) is 12.0. The number of H-pyrrole nitrogens is 2. The molecule has 0 unspecified atom stereocenters. The summed E-state index contributed by atoms with van der Waals surface area (Å²) in [6.45, 7) is 5.54. The van der Waals surface area contributed by atoms with Gasteiger partial charge >= 0.3 is 0 Å². The molecule has 38 heavy (non-hydrogen) atoms. The van der Waals surface area contributed by atoms with Crippen molar-refractivity contribution < 1.29 is 18.0 Å². The van der Waals surface area contributed by atoms with Gasteiger partial charge in [0.15, 0.2) is 11.4 Å². The Bertz CT molecular complexity index is 1900. The zero-order chi connectivity index (χ0) is 26.8. The second kappa shape index (κ2) is 8.25. The van der Waals surface area contributed by atoms with Crippen molar-refractivity contribution in [3.8, 4) is 11.3 Å². The standard InChI is InChI=1S/C27H24N6O4S/c1-27(2,3)25(35)18-12-29-26-24(18)32-22(13-30-26)15-8-20-17(6-7-28-20)21(9-15)33-38(36,37)16-5-4-14-10-23(34)31-19(14)11-16/h4-9,11-13,28,33H,10H2,1-3H3,(H,29,30)(H,31,34). The van der Waals surface area contributed by atoms with Gasteiger partial charge in [0.2, 0.25) is 5.91 Å². The minimum Gasteiger partial charge on any atom is -0.361 e. The number of sulfonamides is 1. The van der Waals surface area contributed by atoms with E-state index in [9.17, 15) is 18.0 Å². The van der Waals surface area contributed by atoms with Crippen LogP contribution in [-0.4, -0.2) is 40.0 Å². The number of Topliss-reactive ketones (excluding diaryl/α,β-unsaturated/α-hetero) is 1. The van der Waals surface area contributed by atoms with E-state index >= 15 is 0 Å². The topological polar surface area (TPSA) is 150 Å². The van der Waals surface area contributed by atoms with Gasteiger partial charge in [0.05, 0.1) is 34.5 Å². The summed E-state index contributed by atoms with van der Waals surface area (Å²) in [4.78, 5) is 40.0. The van der Waals surface area contributed by atoms with Crippen molar-refractivity contribution in [1.82, 2.24) is 19.9 Å². The molecule has 3 aromatic heterocycles. The maximum atomic E-state index is 13.3. The van der Waals surface area contributed by atoms with Crippen LogP contribution in [0.25, 0.3) is 33.3 Å². The zero-order valence-corrected chi connectivity index (χ0v) is 21.7. The minimum atomic E-state index is -3.98. The maximum Gasteiger partial charge on any atom is 0.261 e. The first-order chi connectivity index (χ1) is 18.0. The van der Waals surface area contributed by atoms with Crippen molar-refractivity contribution in [1.29, 1.82) is 0 Å². The van der Waals surface area contributed by atoms with E-state index < -0.39 is 15.4 Å². The lowest BCUT2D eigenvalue weighted by atomic mass is 9.87. The highest BCUT2D eigenvalue weighted by molar-refractivity contribution is 7.92. The molecule has 0 spiro atoms. The summed E-state index contributed by atoms with van der Waals surface area (Å²) in [5, 5.41) is 3.36. The molecule has 1 aliphatic heterocycles. The van der Waals surface area contributed by atoms with Gasteiger partial charge in [-0.25, -0.2) is 18.4 Å². The Kier molecular flexibility index (Phi) is 5.18. The molecule has 0 radical (unpaired) electrons. The lowest BCUT2D eigenvalue weighted by Crippen LogP contribution is -2.20. The van der Waals surface area contributed by atoms with E-state index in [4.69, 9.17) is 4.98 Å². The minimum absolute atomic E-state index is 0.0337. The molecule has 192 valence electrons. The zero-order valence-electron chi connectivity index (χ0n) is 20.8. The van der Waals surface area contributed by atoms with E-state index in [-0.39, 0.29) is 23.0 Å². The number of hydrogen-bond donors (Lipinski definition) is 4. The molecule has 2 aromatic carbocycles. The highest BCUT2D eigenvalue weighted by atomic mass is 32.2. The fraction of sp³-hybridized carbons (Fsp3) is 0.185. The van der Waals surface area contributed by atoms with Crippen molar-refractivity contribution in [2.45, 2.75) is 32.1 Å². The maximum absolute atomic E-state index is 13.3. The van der Waals surface area contributed by atoms with Crippen molar-refractivity contribution in [2.24, 2.45) is 5.41 Å². The Labute approximate surface area is 217 Å². The molecule has 0 aliphatic carbocycles. The summed E-state index contributed by atoms with van der Waals surface area (Å²) in [7, 11) is -3.98. The van der Waals surface area contributed by atoms with Crippen LogP contribution in [0.5, 0.6) is 0 Å². The number of aromatic amines is 2. The molecule has 0 bridgehead atoms. The van der Waals surface area contributed by atoms with Gasteiger partial charge in [0.1, 0.15) is 5.52 Å². The molecule has 0 saturated heterocycles. The van der Waals surface area contributed by atoms with Gasteiger partial charge in [-0.2, -0.15) is 0 Å². The van der Waals surface area contributed by atoms with E-state index in [2.05, 4.69) is 25.0 Å². The van der Waals surface area contributed by atoms with Crippen LogP contribution in [0.4, 0.5) is 11.4 Å². The average molecular weight is 529 g/mol. The fourth-order valence-electron chi connectivity index (χ4n) is 4.57. The van der Waals surface area contributed by atoms with E-state index in [1.165, 1.54) is 12.1 Å². The SMILES string of the molecule is CC(C)(C)C(=O)c1c[nH]c2ncc(-c3cc(NS(=O)(=O)c4ccc5c(c4)NC(=O)C5)c4cc[nH]c4c3)nc12. The third-order valence-corrected chi connectivity index (χ3v) is 7.90. The number of rotatable bonds is 5. The molecule has 11 heteroatoms. The largest absolute Gasteiger partial charge is 0.361 e. The summed E-state index contributed by atoms with van der Waals surface area (Å²) in [6, 6.07) is 9.91. The third-order valence-electron chi connectivity index (χ3n) is 6.53. The Morgan fingerprint density at radius 3 is 2.68 bits per heavy atom. The Hall–Kier alpha value is -4.51. The monoisotopic (exact) mass is 528 g/mol. The van der Waals surface area contributed by atoms with Crippen LogP contribution in [0, 0.1) is 5.41 Å². The number of carbonyl (C=O) groups excluding carboxylic acids is 2. The number of aromatic nitrogens is 4. The molecule has 5 aromatic rings. The summed E-state index contributed by atoms with van der Waals surface area (Å²) >= 11 is 0. The number of carbonyl (C=O) groups is 2. The molecule has 4 N–H and O–H groups in total. The molecule has 1 amide bonds. The van der Waals surface area contributed by atoms with Crippen LogP contribution in [-0.2, 0) is 21.2 Å². The normalized spacial score (nSPS) is 13.6. The Morgan fingerprint density at radius 2 is 1.89 bits per heavy atom. The number of fused-ring (bicyclic) bond motifs is 3. The number of nitrogens with zero attached hydrogens (tertiary/aromatic N) is 2. The van der Waals surface area contributed by atoms with E-state index in [1.807, 2.05) is 26.8 Å². The van der Waals surface area contributed by atoms with Crippen molar-refractivity contribution in [2.75, 3.05) is 10.0 Å². The summed E-state index contributed by atoms with van der Waals surface area (Å²) in [5.74, 6) is -0.230. The molecule has 4 heterocycles. The van der Waals surface area contributed by atoms with Crippen molar-refractivity contribution in [3.63, 3.8) is 0 Å². The molecule has 1 aliphatic rings. The van der Waals surface area contributed by atoms with Gasteiger partial charge in [-0.15, -0.1) is 0 Å². The van der Waals surface area contributed by atoms with Crippen LogP contribution in [0.2, 0.25) is 0 Å². The number of anilines is 2. The molecular formula is C27H24N6O4S. The Balaban J connectivity index is 1.42. The van der Waals surface area contributed by atoms with Gasteiger partial charge in [-0.05, 0) is 35.9 Å². The van der Waals surface area contributed by atoms with Crippen molar-refractivity contribution >= 4 is 55.2 Å². The predicted molar refractivity (Wildman–Crippen MR) is 145 cm³/mol. The highest BCUT2D eigenvalue weighted by Crippen LogP contribution is 2.34. The van der Waals surface area contributed by atoms with Crippen LogP contribution >= 0.6 is 0 Å². The van der Waals surface area contributed by atoms with Crippen LogP contribution < -0.4 is 10.0 Å². The number of amides is 1. The molecule has 0 saturated carbocycles. The van der Waals surface area contributed by atoms with Crippen molar-refractivity contribution in [3.05, 3.63) is 66.1 Å². The summed E-state index contributed by atoms with van der Waals surface area (Å²) in [6.07, 6.45) is 5.15. The first kappa shape index (κ1) is 23.9. The average Bonchev–Trinajstić information content (AvgIpc) is 3.59. The van der Waals surface area contributed by atoms with Crippen LogP contribution in [0.15, 0.2) is 59.9 Å². The number of ketones is 1. The summed E-state index contributed by atoms with van der Waals surface area (Å²) in [5.41, 5.74) is 4.20. The number of benzene rings is 2. The predicted octanol–water partition coefficient (Wildman–Crippen LogP) is 4.63. The molecule has 0 fully saturated rings. The lowest BCUT2D eigenvalue weighted by Gasteiger charge is -2.15. The van der Waals surface area contributed by atoms with E-state index in [0.717, 1.165) is 5.56 Å². The summed E-state index contributed by atoms with van der Waals surface area (Å²) < 4.78 is 29.4. The van der Waals surface area contributed by atoms with Gasteiger partial charge in [-0.3, -0.25) is 14.3 Å². The second-order valence-electron chi connectivity index (χ2n) is 10.3. The number of hydrogen-bond acceptors (Lipinski definition) is 6. The first-order valence-electron chi connectivity index (χ1n) is 12.0. The smallest absolute Gasteiger partial charge is 0.261 e. The highest BCUT2D eigenvalue weighted by Gasteiger charge is 2.27. The lowest BCUT2D eigenvalue weighted by molar-refractivity contribution is -0.115. The third kappa shape index (κ3) is 4.01. The Morgan fingerprint density at radius 1 is 1.08 bits per heavy atom. The van der Waals surface area contributed by atoms with Gasteiger partial charge in [0.25, 0.3) is 10.0 Å². The van der Waals surface area contributed by atoms with Crippen LogP contribution in [0.1, 0.15) is 36.7 Å². The van der Waals surface area contributed by atoms with E-state index in [1.54, 1.807) is 36.8 Å². The molecular weight excluding hydrogens is 504 g/mol. The molecule has 10 nitrogen and oxygen atoms in total. The quantitative estimate of drug-likeness (QED) is 0.244. The number of nitrogens with one attached hydrogen (secondary N) is 4. The fourth-order valence-corrected chi connectivity index (χ4v) is 5.67. The molecule has 6 rings (SSSR count). The van der Waals surface area contributed by atoms with Gasteiger partial charge in [0, 0.05) is 40.0 Å². The van der Waals surface area contributed by atoms with E-state index in [0.29, 0.717) is 50.3 Å². The first-order valence-corrected chi connectivity index (χ1v) is 13.4. The van der Waals surface area contributed by atoms with Crippen LogP contribution in [0.3, 0.4) is 0 Å².